The van der Waals surface area contributed by atoms with Crippen molar-refractivity contribution in [3.63, 3.8) is 0 Å². The van der Waals surface area contributed by atoms with Crippen molar-refractivity contribution in [2.45, 2.75) is 19.4 Å². The van der Waals surface area contributed by atoms with E-state index in [0.717, 1.165) is 47.5 Å². The van der Waals surface area contributed by atoms with Gasteiger partial charge in [0.05, 0.1) is 11.2 Å². The predicted molar refractivity (Wildman–Crippen MR) is 140 cm³/mol. The molecule has 0 spiro atoms. The first-order valence-corrected chi connectivity index (χ1v) is 12.3. The van der Waals surface area contributed by atoms with Crippen LogP contribution in [0.2, 0.25) is 0 Å². The molecule has 182 valence electrons. The maximum absolute atomic E-state index is 15.2. The number of rotatable bonds is 5. The number of H-pyrrole nitrogens is 2. The van der Waals surface area contributed by atoms with E-state index < -0.39 is 5.82 Å². The topological polar surface area (TPSA) is 99.3 Å². The third-order valence-electron chi connectivity index (χ3n) is 6.89. The molecule has 0 radical (unpaired) electrons. The molecule has 0 saturated carbocycles. The fourth-order valence-corrected chi connectivity index (χ4v) is 5.10. The van der Waals surface area contributed by atoms with E-state index in [0.29, 0.717) is 28.1 Å². The van der Waals surface area contributed by atoms with Gasteiger partial charge in [0.25, 0.3) is 0 Å². The van der Waals surface area contributed by atoms with E-state index in [9.17, 15) is 0 Å². The minimum Gasteiger partial charge on any atom is -0.337 e. The molecule has 7 rings (SSSR count). The summed E-state index contributed by atoms with van der Waals surface area (Å²) < 4.78 is 15.2. The second-order valence-electron chi connectivity index (χ2n) is 9.37. The molecule has 1 aliphatic heterocycles. The Morgan fingerprint density at radius 3 is 2.70 bits per heavy atom. The Morgan fingerprint density at radius 1 is 0.919 bits per heavy atom. The van der Waals surface area contributed by atoms with Crippen LogP contribution in [0.1, 0.15) is 18.4 Å². The van der Waals surface area contributed by atoms with Gasteiger partial charge in [0.15, 0.2) is 11.6 Å². The summed E-state index contributed by atoms with van der Waals surface area (Å²) in [7, 11) is 0. The van der Waals surface area contributed by atoms with Gasteiger partial charge in [-0.1, -0.05) is 6.07 Å². The minimum atomic E-state index is -0.396. The lowest BCUT2D eigenvalue weighted by Crippen LogP contribution is -2.18. The lowest BCUT2D eigenvalue weighted by molar-refractivity contribution is 0.331. The number of benzene rings is 1. The summed E-state index contributed by atoms with van der Waals surface area (Å²) in [6.45, 7) is 3.07. The molecule has 1 saturated heterocycles. The number of imidazole rings is 1. The molecule has 6 heterocycles. The largest absolute Gasteiger partial charge is 0.337 e. The number of nitrogens with zero attached hydrogens (tertiary/aromatic N) is 6. The fraction of sp³-hybridized carbons (Fsp3) is 0.179. The van der Waals surface area contributed by atoms with Crippen molar-refractivity contribution in [2.75, 3.05) is 13.1 Å². The molecule has 8 nitrogen and oxygen atoms in total. The first-order valence-electron chi connectivity index (χ1n) is 12.3. The average molecular weight is 491 g/mol. The Morgan fingerprint density at radius 2 is 1.84 bits per heavy atom. The van der Waals surface area contributed by atoms with E-state index in [-0.39, 0.29) is 5.52 Å². The van der Waals surface area contributed by atoms with Gasteiger partial charge in [0.2, 0.25) is 0 Å². The number of aromatic nitrogens is 7. The zero-order valence-electron chi connectivity index (χ0n) is 19.9. The van der Waals surface area contributed by atoms with Gasteiger partial charge in [-0.3, -0.25) is 25.0 Å². The first-order chi connectivity index (χ1) is 18.2. The van der Waals surface area contributed by atoms with Gasteiger partial charge in [-0.15, -0.1) is 0 Å². The first kappa shape index (κ1) is 21.8. The number of halogens is 1. The second kappa shape index (κ2) is 8.86. The quantitative estimate of drug-likeness (QED) is 0.338. The van der Waals surface area contributed by atoms with Crippen LogP contribution in [0.3, 0.4) is 0 Å². The highest BCUT2D eigenvalue weighted by atomic mass is 19.1. The Kier molecular flexibility index (Phi) is 5.21. The molecule has 6 aromatic rings. The number of pyridine rings is 3. The van der Waals surface area contributed by atoms with Gasteiger partial charge in [0, 0.05) is 42.3 Å². The average Bonchev–Trinajstić information content (AvgIpc) is 3.69. The Bertz CT molecular complexity index is 1730. The van der Waals surface area contributed by atoms with Crippen molar-refractivity contribution >= 4 is 21.9 Å². The minimum absolute atomic E-state index is 0.267. The summed E-state index contributed by atoms with van der Waals surface area (Å²) in [5, 5.41) is 7.89. The smallest absolute Gasteiger partial charge is 0.157 e. The zero-order valence-corrected chi connectivity index (χ0v) is 19.9. The van der Waals surface area contributed by atoms with Crippen LogP contribution in [0.5, 0.6) is 0 Å². The number of nitrogens with one attached hydrogen (secondary N) is 2. The van der Waals surface area contributed by atoms with Crippen molar-refractivity contribution in [3.05, 3.63) is 78.6 Å². The highest BCUT2D eigenvalue weighted by Crippen LogP contribution is 2.33. The Balaban J connectivity index is 1.31. The number of hydrogen-bond acceptors (Lipinski definition) is 6. The van der Waals surface area contributed by atoms with Crippen molar-refractivity contribution < 1.29 is 4.39 Å². The van der Waals surface area contributed by atoms with Gasteiger partial charge < -0.3 is 4.98 Å². The van der Waals surface area contributed by atoms with E-state index in [1.165, 1.54) is 18.9 Å². The molecule has 37 heavy (non-hydrogen) atoms. The molecule has 9 heteroatoms. The summed E-state index contributed by atoms with van der Waals surface area (Å²) in [6.07, 6.45) is 9.59. The molecule has 0 amide bonds. The Labute approximate surface area is 211 Å². The van der Waals surface area contributed by atoms with E-state index >= 15 is 4.39 Å². The standard InChI is InChI=1S/C28H23FN8/c29-21-13-18(19-11-17(14-30-15-19)16-37-9-3-4-10-37)12-20-24(21)35-36-25(20)28-33-23-6-8-32-26(27(23)34-28)22-5-1-2-7-31-22/h1-2,5-8,11-15H,3-4,9-10,16H2,(H,33,34)(H,35,36). The number of aromatic amines is 2. The molecular weight excluding hydrogens is 467 g/mol. The number of fused-ring (bicyclic) bond motifs is 2. The summed E-state index contributed by atoms with van der Waals surface area (Å²) in [5.41, 5.74) is 6.53. The van der Waals surface area contributed by atoms with Gasteiger partial charge in [-0.05, 0) is 73.5 Å². The maximum Gasteiger partial charge on any atom is 0.157 e. The summed E-state index contributed by atoms with van der Waals surface area (Å²) in [5.74, 6) is 0.159. The highest BCUT2D eigenvalue weighted by Gasteiger charge is 2.19. The van der Waals surface area contributed by atoms with Gasteiger partial charge >= 0.3 is 0 Å². The normalized spacial score (nSPS) is 14.2. The lowest BCUT2D eigenvalue weighted by Gasteiger charge is -2.14. The van der Waals surface area contributed by atoms with E-state index in [1.807, 2.05) is 36.5 Å². The van der Waals surface area contributed by atoms with Gasteiger partial charge in [-0.25, -0.2) is 9.37 Å². The predicted octanol–water partition coefficient (Wildman–Crippen LogP) is 5.36. The lowest BCUT2D eigenvalue weighted by atomic mass is 10.0. The molecule has 2 N–H and O–H groups in total. The van der Waals surface area contributed by atoms with Crippen molar-refractivity contribution in [2.24, 2.45) is 0 Å². The van der Waals surface area contributed by atoms with Crippen molar-refractivity contribution in [3.8, 4) is 34.0 Å². The molecule has 1 fully saturated rings. The monoisotopic (exact) mass is 490 g/mol. The third kappa shape index (κ3) is 3.93. The number of likely N-dealkylation sites (tertiary alicyclic amines) is 1. The third-order valence-corrected chi connectivity index (χ3v) is 6.89. The fourth-order valence-electron chi connectivity index (χ4n) is 5.10. The zero-order chi connectivity index (χ0) is 24.8. The van der Waals surface area contributed by atoms with E-state index in [1.54, 1.807) is 18.6 Å². The molecule has 0 atom stereocenters. The molecule has 0 bridgehead atoms. The van der Waals surface area contributed by atoms with Gasteiger partial charge in [0.1, 0.15) is 22.4 Å². The molecule has 5 aromatic heterocycles. The Hall–Kier alpha value is -4.50. The SMILES string of the molecule is Fc1cc(-c2cncc(CN3CCCC3)c2)cc2c(-c3nc4c(-c5ccccn5)nccc4[nH]3)[nH]nc12. The molecule has 0 aliphatic carbocycles. The van der Waals surface area contributed by atoms with Crippen molar-refractivity contribution in [1.82, 2.24) is 40.0 Å². The van der Waals surface area contributed by atoms with Crippen LogP contribution in [0, 0.1) is 5.82 Å². The number of hydrogen-bond donors (Lipinski definition) is 2. The summed E-state index contributed by atoms with van der Waals surface area (Å²) in [6, 6.07) is 13.1. The highest BCUT2D eigenvalue weighted by molar-refractivity contribution is 5.97. The van der Waals surface area contributed by atoms with Crippen LogP contribution >= 0.6 is 0 Å². The van der Waals surface area contributed by atoms with Crippen LogP contribution in [0.25, 0.3) is 56.0 Å². The molecule has 0 unspecified atom stereocenters. The maximum atomic E-state index is 15.2. The molecule has 1 aromatic carbocycles. The van der Waals surface area contributed by atoms with Crippen molar-refractivity contribution in [1.29, 1.82) is 0 Å². The summed E-state index contributed by atoms with van der Waals surface area (Å²) >= 11 is 0. The van der Waals surface area contributed by atoms with Crippen LogP contribution in [0.4, 0.5) is 4.39 Å². The van der Waals surface area contributed by atoms with Gasteiger partial charge in [-0.2, -0.15) is 5.10 Å². The van der Waals surface area contributed by atoms with E-state index in [2.05, 4.69) is 41.1 Å². The van der Waals surface area contributed by atoms with Crippen LogP contribution < -0.4 is 0 Å². The van der Waals surface area contributed by atoms with Crippen LogP contribution in [-0.2, 0) is 6.54 Å². The summed E-state index contributed by atoms with van der Waals surface area (Å²) in [4.78, 5) is 24.0. The van der Waals surface area contributed by atoms with Crippen LogP contribution in [-0.4, -0.2) is 53.1 Å². The second-order valence-corrected chi connectivity index (χ2v) is 9.37. The molecule has 1 aliphatic rings. The molecular formula is C28H23FN8. The van der Waals surface area contributed by atoms with E-state index in [4.69, 9.17) is 4.98 Å². The van der Waals surface area contributed by atoms with Crippen LogP contribution in [0.15, 0.2) is 67.3 Å².